The predicted molar refractivity (Wildman–Crippen MR) is 272 cm³/mol. The van der Waals surface area contributed by atoms with E-state index in [1.807, 2.05) is 62.3 Å². The fourth-order valence-electron chi connectivity index (χ4n) is 8.34. The first kappa shape index (κ1) is 54.6. The predicted octanol–water partition coefficient (Wildman–Crippen LogP) is 11.3. The van der Waals surface area contributed by atoms with E-state index in [1.165, 1.54) is 9.83 Å². The standard InChI is InChI=1S/C30H70O9S12Si3/c1-10-31-52(32-11-2,33-12-3)24-49(43,46-40)22-21-29-27-19-20-28(23-27)30(29,50(44,47-41)25-53(34-13-4,35-14-5)36-15-6)51(45,48-42)26-54(37-16-7,38-17-8)39-18-9/h27-29,40-45H,10-26H2,1-9H3. The van der Waals surface area contributed by atoms with Crippen LogP contribution in [0.4, 0.5) is 0 Å². The molecule has 0 aliphatic heterocycles. The lowest BCUT2D eigenvalue weighted by Gasteiger charge is -2.66. The summed E-state index contributed by atoms with van der Waals surface area (Å²) in [6.45, 7) is 22.4. The molecule has 2 fully saturated rings. The van der Waals surface area contributed by atoms with Gasteiger partial charge in [0.05, 0.1) is 20.2 Å². The first-order valence-corrected chi connectivity index (χ1v) is 40.7. The Labute approximate surface area is 377 Å². The highest BCUT2D eigenvalue weighted by Gasteiger charge is 2.74. The summed E-state index contributed by atoms with van der Waals surface area (Å²) in [6, 6.07) is 0. The van der Waals surface area contributed by atoms with Gasteiger partial charge in [0.1, 0.15) is 0 Å². The van der Waals surface area contributed by atoms with Gasteiger partial charge < -0.3 is 39.8 Å². The zero-order chi connectivity index (χ0) is 40.7. The highest BCUT2D eigenvalue weighted by Crippen LogP contribution is 2.97. The maximum Gasteiger partial charge on any atom is 0.511 e. The van der Waals surface area contributed by atoms with Crippen LogP contribution in [0.3, 0.4) is 0 Å². The summed E-state index contributed by atoms with van der Waals surface area (Å²) in [7, 11) is -10.9. The highest BCUT2D eigenvalue weighted by molar-refractivity contribution is 9.41. The third-order valence-corrected chi connectivity index (χ3v) is 59.2. The average molecular weight is 1040 g/mol. The van der Waals surface area contributed by atoms with Gasteiger partial charge in [-0.25, -0.2) is 0 Å². The van der Waals surface area contributed by atoms with E-state index in [2.05, 4.69) is 0 Å². The molecule has 0 aromatic heterocycles. The first-order valence-electron chi connectivity index (χ1n) is 19.0. The van der Waals surface area contributed by atoms with Crippen LogP contribution in [-0.2, 0) is 39.8 Å². The van der Waals surface area contributed by atoms with Gasteiger partial charge in [0.15, 0.2) is 0 Å². The van der Waals surface area contributed by atoms with E-state index in [9.17, 15) is 0 Å². The molecule has 328 valence electrons. The molecule has 2 saturated carbocycles. The van der Waals surface area contributed by atoms with Gasteiger partial charge in [-0.3, -0.25) is 0 Å². The van der Waals surface area contributed by atoms with Crippen LogP contribution in [-0.4, -0.2) is 112 Å². The van der Waals surface area contributed by atoms with Crippen molar-refractivity contribution in [1.29, 1.82) is 0 Å². The molecule has 0 N–H and O–H groups in total. The fraction of sp³-hybridized carbons (Fsp3) is 1.00. The van der Waals surface area contributed by atoms with Crippen molar-refractivity contribution in [1.82, 2.24) is 0 Å². The minimum atomic E-state index is -3.26. The van der Waals surface area contributed by atoms with E-state index < -0.39 is 54.8 Å². The third kappa shape index (κ3) is 12.8. The summed E-state index contributed by atoms with van der Waals surface area (Å²) < 4.78 is 58.2. The largest absolute Gasteiger partial charge is 0.511 e. The second-order valence-corrected chi connectivity index (χ2v) is 48.2. The lowest BCUT2D eigenvalue weighted by molar-refractivity contribution is 0.0762. The van der Waals surface area contributed by atoms with E-state index >= 15 is 0 Å². The van der Waals surface area contributed by atoms with E-state index in [4.69, 9.17) is 110 Å². The van der Waals surface area contributed by atoms with E-state index in [-0.39, 0.29) is 5.92 Å². The van der Waals surface area contributed by atoms with Crippen LogP contribution in [0.2, 0.25) is 0 Å². The van der Waals surface area contributed by atoms with E-state index in [0.29, 0.717) is 87.4 Å². The summed E-state index contributed by atoms with van der Waals surface area (Å²) in [5.41, 5.74) is 0. The van der Waals surface area contributed by atoms with Crippen LogP contribution in [0.25, 0.3) is 0 Å². The minimum absolute atomic E-state index is 0.200. The highest BCUT2D eigenvalue weighted by atomic mass is 33.7. The van der Waals surface area contributed by atoms with Crippen LogP contribution in [0, 0.1) is 17.8 Å². The van der Waals surface area contributed by atoms with Gasteiger partial charge in [-0.05, 0) is 141 Å². The Bertz CT molecular complexity index is 998. The summed E-state index contributed by atoms with van der Waals surface area (Å²) in [5.74, 6) is 1.77. The number of hydrogen-bond donors (Lipinski definition) is 6. The van der Waals surface area contributed by atoms with Gasteiger partial charge in [0.2, 0.25) is 0 Å². The van der Waals surface area contributed by atoms with Crippen molar-refractivity contribution in [3.05, 3.63) is 0 Å². The Balaban J connectivity index is 2.95. The molecule has 2 rings (SSSR count). The van der Waals surface area contributed by atoms with Gasteiger partial charge in [0, 0.05) is 59.5 Å². The van der Waals surface area contributed by atoms with Crippen molar-refractivity contribution in [2.24, 2.45) is 17.8 Å². The van der Waals surface area contributed by atoms with Crippen LogP contribution >= 0.6 is 124 Å². The van der Waals surface area contributed by atoms with Crippen LogP contribution in [0.15, 0.2) is 0 Å². The van der Waals surface area contributed by atoms with E-state index in [0.717, 1.165) is 31.4 Å². The monoisotopic (exact) mass is 1040 g/mol. The smallest absolute Gasteiger partial charge is 0.373 e. The van der Waals surface area contributed by atoms with Crippen molar-refractivity contribution in [2.45, 2.75) is 92.1 Å². The van der Waals surface area contributed by atoms with Crippen molar-refractivity contribution in [2.75, 3.05) is 81.3 Å². The molecule has 0 saturated heterocycles. The molecule has 2 bridgehead atoms. The normalized spacial score (nSPS) is 27.3. The SMILES string of the molecule is CCO[Si](CS(S)(CCC1C2CCC(C2)C1(S(S)(C[Si](OCC)(OCC)OCC)SS)S(S)(C[Si](OCC)(OCC)OCC)SS)SS)(OCC)OCC. The Morgan fingerprint density at radius 2 is 0.852 bits per heavy atom. The Hall–Kier alpha value is 4.49. The van der Waals surface area contributed by atoms with Crippen molar-refractivity contribution in [3.63, 3.8) is 0 Å². The van der Waals surface area contributed by atoms with E-state index in [1.54, 1.807) is 19.7 Å². The van der Waals surface area contributed by atoms with Gasteiger partial charge in [-0.1, -0.05) is 0 Å². The topological polar surface area (TPSA) is 83.1 Å². The number of hydrogen-bond acceptors (Lipinski definition) is 18. The second kappa shape index (κ2) is 25.7. The molecule has 2 aliphatic carbocycles. The summed E-state index contributed by atoms with van der Waals surface area (Å²) in [5, 5.41) is 1.65. The van der Waals surface area contributed by atoms with Gasteiger partial charge in [0.25, 0.3) is 0 Å². The molecule has 2 aliphatic rings. The molecular weight excluding hydrogens is 973 g/mol. The molecule has 0 aromatic rings. The number of fused-ring (bicyclic) bond motifs is 2. The molecule has 0 heterocycles. The zero-order valence-electron chi connectivity index (χ0n) is 33.6. The van der Waals surface area contributed by atoms with Crippen molar-refractivity contribution >= 4 is 150 Å². The second-order valence-electron chi connectivity index (χ2n) is 12.7. The molecule has 9 nitrogen and oxygen atoms in total. The molecule has 0 amide bonds. The van der Waals surface area contributed by atoms with Crippen molar-refractivity contribution in [3.8, 4) is 0 Å². The molecule has 6 atom stereocenters. The van der Waals surface area contributed by atoms with Crippen molar-refractivity contribution < 1.29 is 39.8 Å². The molecule has 24 heteroatoms. The molecular formula is C30H70O9S12Si3. The number of rotatable bonds is 32. The van der Waals surface area contributed by atoms with Crippen LogP contribution in [0.5, 0.6) is 0 Å². The maximum absolute atomic E-state index is 6.60. The average Bonchev–Trinajstić information content (AvgIpc) is 3.73. The maximum atomic E-state index is 6.60. The molecule has 6 unspecified atom stereocenters. The van der Waals surface area contributed by atoms with Crippen LogP contribution in [0.1, 0.15) is 88.0 Å². The summed E-state index contributed by atoms with van der Waals surface area (Å²) in [6.07, 6.45) is 4.18. The summed E-state index contributed by atoms with van der Waals surface area (Å²) >= 11 is 32.6. The first-order chi connectivity index (χ1) is 25.7. The number of thiol groups is 6. The Morgan fingerprint density at radius 3 is 1.15 bits per heavy atom. The molecule has 0 aromatic carbocycles. The quantitative estimate of drug-likeness (QED) is 0.0221. The lowest BCUT2D eigenvalue weighted by Crippen LogP contribution is -2.59. The Kier molecular flexibility index (Phi) is 26.0. The lowest BCUT2D eigenvalue weighted by atomic mass is 9.86. The summed E-state index contributed by atoms with van der Waals surface area (Å²) in [4.78, 5) is 0. The third-order valence-electron chi connectivity index (χ3n) is 9.68. The molecule has 54 heavy (non-hydrogen) atoms. The van der Waals surface area contributed by atoms with Gasteiger partial charge >= 0.3 is 26.4 Å². The fourth-order valence-corrected chi connectivity index (χ4v) is 61.0. The Morgan fingerprint density at radius 1 is 0.519 bits per heavy atom. The zero-order valence-corrected chi connectivity index (χ0v) is 46.8. The van der Waals surface area contributed by atoms with Gasteiger partial charge in [-0.2, -0.15) is 0 Å². The van der Waals surface area contributed by atoms with Crippen LogP contribution < -0.4 is 0 Å². The molecule has 0 spiro atoms. The molecule has 0 radical (unpaired) electrons. The minimum Gasteiger partial charge on any atom is -0.373 e. The van der Waals surface area contributed by atoms with Gasteiger partial charge in [-0.15, -0.1) is 94.2 Å².